The Morgan fingerprint density at radius 3 is 2.59 bits per heavy atom. The molecule has 0 aliphatic carbocycles. The minimum atomic E-state index is 0. The van der Waals surface area contributed by atoms with Crippen LogP contribution >= 0.6 is 35.3 Å². The van der Waals surface area contributed by atoms with Crippen LogP contribution in [0.25, 0.3) is 0 Å². The van der Waals surface area contributed by atoms with Crippen LogP contribution in [0.2, 0.25) is 0 Å². The van der Waals surface area contributed by atoms with Gasteiger partial charge in [0, 0.05) is 30.5 Å². The summed E-state index contributed by atoms with van der Waals surface area (Å²) < 4.78 is 5.47. The molecule has 152 valence electrons. The van der Waals surface area contributed by atoms with Crippen molar-refractivity contribution in [3.63, 3.8) is 0 Å². The molecule has 2 aromatic rings. The molecule has 0 saturated carbocycles. The lowest BCUT2D eigenvalue weighted by molar-refractivity contribution is 0.302. The van der Waals surface area contributed by atoms with Gasteiger partial charge in [-0.2, -0.15) is 0 Å². The van der Waals surface area contributed by atoms with Gasteiger partial charge in [0.25, 0.3) is 0 Å². The Balaban J connectivity index is 0.00000364. The van der Waals surface area contributed by atoms with Crippen molar-refractivity contribution in [1.29, 1.82) is 0 Å². The van der Waals surface area contributed by atoms with E-state index >= 15 is 0 Å². The molecule has 0 aliphatic heterocycles. The van der Waals surface area contributed by atoms with E-state index in [0.717, 1.165) is 36.8 Å². The van der Waals surface area contributed by atoms with Gasteiger partial charge >= 0.3 is 0 Å². The second kappa shape index (κ2) is 12.4. The van der Waals surface area contributed by atoms with Crippen LogP contribution in [0.3, 0.4) is 0 Å². The molecule has 0 radical (unpaired) electrons. The summed E-state index contributed by atoms with van der Waals surface area (Å²) in [5.41, 5.74) is 1.04. The maximum Gasteiger partial charge on any atom is 0.191 e. The summed E-state index contributed by atoms with van der Waals surface area (Å²) >= 11 is 1.77. The number of aliphatic imine (C=N–C) groups is 1. The largest absolute Gasteiger partial charge is 0.359 e. The standard InChI is InChI=1S/C19H31N5OS.HI/c1-6-14(7-2)16-11-15(25-23-16)12-21-19(20-3)22-13-17(24(4)5)18-9-8-10-26-18;/h8-11,14,17H,6-7,12-13H2,1-5H3,(H2,20,21,22);1H. The van der Waals surface area contributed by atoms with Crippen molar-refractivity contribution in [3.8, 4) is 0 Å². The number of guanidine groups is 1. The average molecular weight is 505 g/mol. The highest BCUT2D eigenvalue weighted by molar-refractivity contribution is 14.0. The van der Waals surface area contributed by atoms with Crippen LogP contribution in [0.5, 0.6) is 0 Å². The molecule has 0 aliphatic rings. The smallest absolute Gasteiger partial charge is 0.191 e. The second-order valence-corrected chi connectivity index (χ2v) is 7.51. The number of nitrogens with one attached hydrogen (secondary N) is 2. The molecule has 1 atom stereocenters. The predicted octanol–water partition coefficient (Wildman–Crippen LogP) is 4.23. The van der Waals surface area contributed by atoms with Crippen molar-refractivity contribution in [2.75, 3.05) is 27.7 Å². The summed E-state index contributed by atoms with van der Waals surface area (Å²) in [6.45, 7) is 5.71. The Labute approximate surface area is 183 Å². The Kier molecular flexibility index (Phi) is 10.9. The molecule has 2 N–H and O–H groups in total. The molecule has 2 aromatic heterocycles. The Morgan fingerprint density at radius 1 is 1.30 bits per heavy atom. The van der Waals surface area contributed by atoms with E-state index < -0.39 is 0 Å². The second-order valence-electron chi connectivity index (χ2n) is 6.53. The Hall–Kier alpha value is -1.13. The lowest BCUT2D eigenvalue weighted by Gasteiger charge is -2.24. The fraction of sp³-hybridized carbons (Fsp3) is 0.579. The molecule has 1 unspecified atom stereocenters. The molecule has 8 heteroatoms. The van der Waals surface area contributed by atoms with Gasteiger partial charge < -0.3 is 20.1 Å². The molecule has 0 amide bonds. The number of rotatable bonds is 9. The molecule has 0 spiro atoms. The molecule has 0 aromatic carbocycles. The normalized spacial score (nSPS) is 12.9. The number of nitrogens with zero attached hydrogens (tertiary/aromatic N) is 3. The quantitative estimate of drug-likeness (QED) is 0.304. The van der Waals surface area contributed by atoms with Crippen LogP contribution in [0.15, 0.2) is 33.1 Å². The zero-order valence-corrected chi connectivity index (χ0v) is 20.0. The van der Waals surface area contributed by atoms with Crippen molar-refractivity contribution in [2.24, 2.45) is 4.99 Å². The number of thiophene rings is 1. The van der Waals surface area contributed by atoms with Gasteiger partial charge in [0.15, 0.2) is 11.7 Å². The van der Waals surface area contributed by atoms with E-state index in [1.54, 1.807) is 18.4 Å². The highest BCUT2D eigenvalue weighted by atomic mass is 127. The first-order valence-corrected chi connectivity index (χ1v) is 10.1. The van der Waals surface area contributed by atoms with E-state index in [2.05, 4.69) is 71.1 Å². The molecule has 0 fully saturated rings. The third-order valence-electron chi connectivity index (χ3n) is 4.59. The predicted molar refractivity (Wildman–Crippen MR) is 124 cm³/mol. The first kappa shape index (κ1) is 23.9. The molecule has 0 bridgehead atoms. The topological polar surface area (TPSA) is 65.7 Å². The van der Waals surface area contributed by atoms with Crippen molar-refractivity contribution < 1.29 is 4.52 Å². The maximum atomic E-state index is 5.47. The first-order chi connectivity index (χ1) is 12.6. The van der Waals surface area contributed by atoms with Gasteiger partial charge in [-0.3, -0.25) is 4.99 Å². The van der Waals surface area contributed by atoms with Crippen LogP contribution in [0, 0.1) is 0 Å². The maximum absolute atomic E-state index is 5.47. The van der Waals surface area contributed by atoms with Gasteiger partial charge in [-0.05, 0) is 38.4 Å². The van der Waals surface area contributed by atoms with Crippen LogP contribution in [-0.4, -0.2) is 43.7 Å². The third kappa shape index (κ3) is 7.08. The van der Waals surface area contributed by atoms with Crippen LogP contribution in [0.1, 0.15) is 55.0 Å². The van der Waals surface area contributed by atoms with Crippen molar-refractivity contribution >= 4 is 41.3 Å². The van der Waals surface area contributed by atoms with E-state index in [1.807, 2.05) is 6.07 Å². The SMILES string of the molecule is CCC(CC)c1cc(CNC(=NC)NCC(c2cccs2)N(C)C)on1.I. The zero-order valence-electron chi connectivity index (χ0n) is 16.9. The lowest BCUT2D eigenvalue weighted by atomic mass is 9.99. The first-order valence-electron chi connectivity index (χ1n) is 9.18. The van der Waals surface area contributed by atoms with Crippen LogP contribution < -0.4 is 10.6 Å². The van der Waals surface area contributed by atoms with Crippen molar-refractivity contribution in [1.82, 2.24) is 20.7 Å². The van der Waals surface area contributed by atoms with Crippen molar-refractivity contribution in [3.05, 3.63) is 39.9 Å². The van der Waals surface area contributed by atoms with E-state index in [9.17, 15) is 0 Å². The summed E-state index contributed by atoms with van der Waals surface area (Å²) in [6, 6.07) is 6.61. The zero-order chi connectivity index (χ0) is 18.9. The highest BCUT2D eigenvalue weighted by Crippen LogP contribution is 2.23. The minimum Gasteiger partial charge on any atom is -0.359 e. The summed E-state index contributed by atoms with van der Waals surface area (Å²) in [6.07, 6.45) is 2.15. The van der Waals surface area contributed by atoms with Gasteiger partial charge in [0.1, 0.15) is 0 Å². The van der Waals surface area contributed by atoms with Gasteiger partial charge in [-0.25, -0.2) is 0 Å². The number of halogens is 1. The summed E-state index contributed by atoms with van der Waals surface area (Å²) in [4.78, 5) is 7.86. The van der Waals surface area contributed by atoms with Crippen molar-refractivity contribution in [2.45, 2.75) is 45.2 Å². The van der Waals surface area contributed by atoms with E-state index in [-0.39, 0.29) is 24.0 Å². The van der Waals surface area contributed by atoms with E-state index in [4.69, 9.17) is 4.52 Å². The number of hydrogen-bond donors (Lipinski definition) is 2. The molecular weight excluding hydrogens is 473 g/mol. The molecule has 2 rings (SSSR count). The minimum absolute atomic E-state index is 0. The summed E-state index contributed by atoms with van der Waals surface area (Å²) in [7, 11) is 5.97. The lowest BCUT2D eigenvalue weighted by Crippen LogP contribution is -2.41. The Morgan fingerprint density at radius 2 is 2.04 bits per heavy atom. The summed E-state index contributed by atoms with van der Waals surface area (Å²) in [5.74, 6) is 2.06. The number of hydrogen-bond acceptors (Lipinski definition) is 5. The molecular formula is C19H32IN5OS. The van der Waals surface area contributed by atoms with E-state index in [0.29, 0.717) is 18.5 Å². The van der Waals surface area contributed by atoms with Gasteiger partial charge in [0.05, 0.1) is 18.3 Å². The Bertz CT molecular complexity index is 667. The van der Waals surface area contributed by atoms with Gasteiger partial charge in [0.2, 0.25) is 0 Å². The van der Waals surface area contributed by atoms with Gasteiger partial charge in [-0.1, -0.05) is 25.1 Å². The number of aromatic nitrogens is 1. The van der Waals surface area contributed by atoms with Crippen LogP contribution in [-0.2, 0) is 6.54 Å². The fourth-order valence-corrected chi connectivity index (χ4v) is 3.84. The van der Waals surface area contributed by atoms with E-state index in [1.165, 1.54) is 4.88 Å². The number of likely N-dealkylation sites (N-methyl/N-ethyl adjacent to an activating group) is 1. The average Bonchev–Trinajstić information content (AvgIpc) is 3.31. The van der Waals surface area contributed by atoms with Crippen LogP contribution in [0.4, 0.5) is 0 Å². The molecule has 27 heavy (non-hydrogen) atoms. The third-order valence-corrected chi connectivity index (χ3v) is 5.57. The molecule has 6 nitrogen and oxygen atoms in total. The fourth-order valence-electron chi connectivity index (χ4n) is 2.91. The highest BCUT2D eigenvalue weighted by Gasteiger charge is 2.16. The monoisotopic (exact) mass is 505 g/mol. The molecule has 0 saturated heterocycles. The summed E-state index contributed by atoms with van der Waals surface area (Å²) in [5, 5.41) is 13.0. The van der Waals surface area contributed by atoms with Gasteiger partial charge in [-0.15, -0.1) is 35.3 Å². The molecule has 2 heterocycles.